The molecule has 22 heavy (non-hydrogen) atoms. The molecular weight excluding hydrogens is 368 g/mol. The second-order valence-corrected chi connectivity index (χ2v) is 5.85. The lowest BCUT2D eigenvalue weighted by Crippen LogP contribution is -2.37. The van der Waals surface area contributed by atoms with E-state index in [2.05, 4.69) is 31.7 Å². The first-order valence-electron chi connectivity index (χ1n) is 6.79. The summed E-state index contributed by atoms with van der Waals surface area (Å²) in [6.07, 6.45) is 1.61. The van der Waals surface area contributed by atoms with E-state index >= 15 is 0 Å². The minimum Gasteiger partial charge on any atom is -0.350 e. The number of likely N-dealkylation sites (N-methyl/N-ethyl adjacent to an activating group) is 1. The van der Waals surface area contributed by atoms with E-state index in [1.54, 1.807) is 10.9 Å². The number of carbonyl (C=O) groups is 1. The molecule has 0 fully saturated rings. The summed E-state index contributed by atoms with van der Waals surface area (Å²) in [5.41, 5.74) is 2.34. The SMILES string of the molecule is CNC(C)CNC(=O)c1cnn(-c2cccc(Br)c2)c1C.Cl. The van der Waals surface area contributed by atoms with Crippen molar-refractivity contribution in [1.82, 2.24) is 20.4 Å². The number of hydrogen-bond acceptors (Lipinski definition) is 3. The molecule has 0 aliphatic rings. The van der Waals surface area contributed by atoms with Crippen LogP contribution in [-0.4, -0.2) is 35.3 Å². The van der Waals surface area contributed by atoms with Gasteiger partial charge in [-0.25, -0.2) is 4.68 Å². The molecule has 2 aromatic rings. The summed E-state index contributed by atoms with van der Waals surface area (Å²) in [7, 11) is 1.87. The Morgan fingerprint density at radius 1 is 1.45 bits per heavy atom. The van der Waals surface area contributed by atoms with E-state index in [1.807, 2.05) is 45.2 Å². The van der Waals surface area contributed by atoms with E-state index in [4.69, 9.17) is 0 Å². The highest BCUT2D eigenvalue weighted by Crippen LogP contribution is 2.18. The number of carbonyl (C=O) groups excluding carboxylic acids is 1. The average molecular weight is 388 g/mol. The van der Waals surface area contributed by atoms with E-state index < -0.39 is 0 Å². The number of rotatable bonds is 5. The van der Waals surface area contributed by atoms with Crippen LogP contribution in [0.4, 0.5) is 0 Å². The predicted octanol–water partition coefficient (Wildman–Crippen LogP) is 2.70. The Labute approximate surface area is 145 Å². The summed E-state index contributed by atoms with van der Waals surface area (Å²) >= 11 is 3.44. The fourth-order valence-corrected chi connectivity index (χ4v) is 2.33. The summed E-state index contributed by atoms with van der Waals surface area (Å²) in [5, 5.41) is 10.3. The van der Waals surface area contributed by atoms with Gasteiger partial charge in [-0.3, -0.25) is 4.79 Å². The molecule has 1 heterocycles. The topological polar surface area (TPSA) is 58.9 Å². The van der Waals surface area contributed by atoms with Gasteiger partial charge in [0.15, 0.2) is 0 Å². The van der Waals surface area contributed by atoms with Crippen molar-refractivity contribution < 1.29 is 4.79 Å². The highest BCUT2D eigenvalue weighted by molar-refractivity contribution is 9.10. The lowest BCUT2D eigenvalue weighted by atomic mass is 10.2. The van der Waals surface area contributed by atoms with Crippen LogP contribution < -0.4 is 10.6 Å². The van der Waals surface area contributed by atoms with Crippen LogP contribution in [0.15, 0.2) is 34.9 Å². The predicted molar refractivity (Wildman–Crippen MR) is 94.1 cm³/mol. The minimum absolute atomic E-state index is 0. The number of nitrogens with one attached hydrogen (secondary N) is 2. The van der Waals surface area contributed by atoms with Gasteiger partial charge in [0.05, 0.1) is 23.1 Å². The fourth-order valence-electron chi connectivity index (χ4n) is 1.94. The zero-order chi connectivity index (χ0) is 15.4. The first-order valence-corrected chi connectivity index (χ1v) is 7.58. The van der Waals surface area contributed by atoms with Gasteiger partial charge in [0.2, 0.25) is 0 Å². The van der Waals surface area contributed by atoms with Gasteiger partial charge in [-0.05, 0) is 39.1 Å². The smallest absolute Gasteiger partial charge is 0.254 e. The van der Waals surface area contributed by atoms with Gasteiger partial charge < -0.3 is 10.6 Å². The standard InChI is InChI=1S/C15H19BrN4O.ClH/c1-10(17-3)8-18-15(21)14-9-19-20(11(14)2)13-6-4-5-12(16)7-13;/h4-7,9-10,17H,8H2,1-3H3,(H,18,21);1H. The zero-order valence-corrected chi connectivity index (χ0v) is 15.2. The molecule has 1 aromatic carbocycles. The van der Waals surface area contributed by atoms with Crippen molar-refractivity contribution in [2.24, 2.45) is 0 Å². The maximum absolute atomic E-state index is 12.2. The first-order chi connectivity index (χ1) is 10.0. The van der Waals surface area contributed by atoms with E-state index in [0.717, 1.165) is 15.9 Å². The fraction of sp³-hybridized carbons (Fsp3) is 0.333. The lowest BCUT2D eigenvalue weighted by molar-refractivity contribution is 0.0950. The van der Waals surface area contributed by atoms with Gasteiger partial charge in [-0.1, -0.05) is 22.0 Å². The molecule has 7 heteroatoms. The molecule has 0 saturated heterocycles. The second kappa shape index (κ2) is 8.31. The Bertz CT molecular complexity index is 644. The van der Waals surface area contributed by atoms with Gasteiger partial charge in [-0.15, -0.1) is 12.4 Å². The summed E-state index contributed by atoms with van der Waals surface area (Å²) < 4.78 is 2.74. The van der Waals surface area contributed by atoms with Crippen LogP contribution in [0.25, 0.3) is 5.69 Å². The minimum atomic E-state index is -0.101. The van der Waals surface area contributed by atoms with Gasteiger partial charge in [-0.2, -0.15) is 5.10 Å². The molecule has 0 aliphatic heterocycles. The Morgan fingerprint density at radius 3 is 2.82 bits per heavy atom. The molecule has 1 atom stereocenters. The first kappa shape index (κ1) is 18.7. The summed E-state index contributed by atoms with van der Waals surface area (Å²) in [5.74, 6) is -0.101. The molecule has 0 saturated carbocycles. The molecule has 2 rings (SSSR count). The Morgan fingerprint density at radius 2 is 2.18 bits per heavy atom. The molecule has 1 amide bonds. The third kappa shape index (κ3) is 4.32. The number of benzene rings is 1. The number of hydrogen-bond donors (Lipinski definition) is 2. The second-order valence-electron chi connectivity index (χ2n) is 4.94. The number of halogens is 2. The third-order valence-corrected chi connectivity index (χ3v) is 3.86. The van der Waals surface area contributed by atoms with Crippen molar-refractivity contribution in [1.29, 1.82) is 0 Å². The third-order valence-electron chi connectivity index (χ3n) is 3.37. The van der Waals surface area contributed by atoms with Crippen LogP contribution in [0.1, 0.15) is 23.0 Å². The molecular formula is C15H20BrClN4O. The van der Waals surface area contributed by atoms with Crippen molar-refractivity contribution in [3.8, 4) is 5.69 Å². The van der Waals surface area contributed by atoms with Gasteiger partial charge >= 0.3 is 0 Å². The Kier molecular flexibility index (Phi) is 7.06. The number of nitrogens with zero attached hydrogens (tertiary/aromatic N) is 2. The molecule has 1 aromatic heterocycles. The molecule has 0 radical (unpaired) electrons. The van der Waals surface area contributed by atoms with E-state index in [0.29, 0.717) is 12.1 Å². The highest BCUT2D eigenvalue weighted by atomic mass is 79.9. The van der Waals surface area contributed by atoms with Gasteiger partial charge in [0.25, 0.3) is 5.91 Å². The maximum Gasteiger partial charge on any atom is 0.254 e. The molecule has 2 N–H and O–H groups in total. The summed E-state index contributed by atoms with van der Waals surface area (Å²) in [4.78, 5) is 12.2. The number of aromatic nitrogens is 2. The van der Waals surface area contributed by atoms with Crippen LogP contribution in [0.5, 0.6) is 0 Å². The normalized spacial score (nSPS) is 11.6. The molecule has 0 spiro atoms. The molecule has 5 nitrogen and oxygen atoms in total. The lowest BCUT2D eigenvalue weighted by Gasteiger charge is -2.11. The van der Waals surface area contributed by atoms with Crippen molar-refractivity contribution in [3.05, 3.63) is 46.2 Å². The van der Waals surface area contributed by atoms with Crippen LogP contribution in [0.3, 0.4) is 0 Å². The van der Waals surface area contributed by atoms with Crippen LogP contribution in [0.2, 0.25) is 0 Å². The van der Waals surface area contributed by atoms with E-state index in [1.165, 1.54) is 0 Å². The molecule has 120 valence electrons. The van der Waals surface area contributed by atoms with Crippen molar-refractivity contribution in [2.45, 2.75) is 19.9 Å². The van der Waals surface area contributed by atoms with Crippen molar-refractivity contribution in [2.75, 3.05) is 13.6 Å². The Balaban J connectivity index is 0.00000242. The average Bonchev–Trinajstić information content (AvgIpc) is 2.86. The van der Waals surface area contributed by atoms with Gasteiger partial charge in [0, 0.05) is 17.1 Å². The zero-order valence-electron chi connectivity index (χ0n) is 12.8. The maximum atomic E-state index is 12.2. The van der Waals surface area contributed by atoms with Gasteiger partial charge in [0.1, 0.15) is 0 Å². The molecule has 0 aliphatic carbocycles. The summed E-state index contributed by atoms with van der Waals surface area (Å²) in [6, 6.07) is 8.04. The van der Waals surface area contributed by atoms with E-state index in [9.17, 15) is 4.79 Å². The van der Waals surface area contributed by atoms with Crippen LogP contribution in [-0.2, 0) is 0 Å². The molecule has 0 bridgehead atoms. The largest absolute Gasteiger partial charge is 0.350 e. The van der Waals surface area contributed by atoms with Crippen molar-refractivity contribution >= 4 is 34.2 Å². The van der Waals surface area contributed by atoms with Crippen molar-refractivity contribution in [3.63, 3.8) is 0 Å². The van der Waals surface area contributed by atoms with Crippen LogP contribution in [0, 0.1) is 6.92 Å². The molecule has 1 unspecified atom stereocenters. The van der Waals surface area contributed by atoms with Crippen LogP contribution >= 0.6 is 28.3 Å². The summed E-state index contributed by atoms with van der Waals surface area (Å²) in [6.45, 7) is 4.49. The number of amides is 1. The van der Waals surface area contributed by atoms with E-state index in [-0.39, 0.29) is 24.4 Å². The Hall–Kier alpha value is -1.37. The highest BCUT2D eigenvalue weighted by Gasteiger charge is 2.15. The monoisotopic (exact) mass is 386 g/mol. The quantitative estimate of drug-likeness (QED) is 0.829.